The van der Waals surface area contributed by atoms with Crippen molar-refractivity contribution in [2.75, 3.05) is 45.1 Å². The number of aliphatic imine (C=N–C) groups is 1. The Balaban J connectivity index is 2.04. The fourth-order valence-electron chi connectivity index (χ4n) is 2.89. The quantitative estimate of drug-likeness (QED) is 0.614. The van der Waals surface area contributed by atoms with E-state index in [1.54, 1.807) is 13.8 Å². The fourth-order valence-corrected chi connectivity index (χ4v) is 4.26. The second kappa shape index (κ2) is 7.17. The van der Waals surface area contributed by atoms with E-state index >= 15 is 0 Å². The van der Waals surface area contributed by atoms with E-state index in [0.717, 1.165) is 45.1 Å². The van der Waals surface area contributed by atoms with Gasteiger partial charge in [0.25, 0.3) is 0 Å². The lowest BCUT2D eigenvalue weighted by Gasteiger charge is -2.39. The van der Waals surface area contributed by atoms with Gasteiger partial charge in [-0.15, -0.1) is 0 Å². The first-order valence-electron chi connectivity index (χ1n) is 8.19. The number of rotatable bonds is 3. The Bertz CT molecular complexity index is 496. The summed E-state index contributed by atoms with van der Waals surface area (Å²) in [5.74, 6) is 1.61. The predicted molar refractivity (Wildman–Crippen MR) is 89.0 cm³/mol. The van der Waals surface area contributed by atoms with Gasteiger partial charge in [-0.3, -0.25) is 4.99 Å². The standard InChI is InChI=1S/C15H29N3O3S/c1-4-16-14(17-11-13-5-8-21-9-6-13)18-7-10-22(19,20)15(2,3)12-18/h13H,4-12H2,1-3H3,(H,16,17). The summed E-state index contributed by atoms with van der Waals surface area (Å²) < 4.78 is 28.9. The summed E-state index contributed by atoms with van der Waals surface area (Å²) in [5.41, 5.74) is 0. The molecule has 2 fully saturated rings. The van der Waals surface area contributed by atoms with Crippen LogP contribution < -0.4 is 5.32 Å². The predicted octanol–water partition coefficient (Wildman–Crippen LogP) is 0.888. The van der Waals surface area contributed by atoms with Gasteiger partial charge in [0, 0.05) is 39.4 Å². The van der Waals surface area contributed by atoms with Gasteiger partial charge >= 0.3 is 0 Å². The summed E-state index contributed by atoms with van der Waals surface area (Å²) in [4.78, 5) is 6.84. The molecule has 7 heteroatoms. The molecule has 2 aliphatic heterocycles. The average molecular weight is 331 g/mol. The third kappa shape index (κ3) is 4.13. The number of sulfone groups is 1. The van der Waals surface area contributed by atoms with E-state index in [4.69, 9.17) is 9.73 Å². The van der Waals surface area contributed by atoms with E-state index in [9.17, 15) is 8.42 Å². The van der Waals surface area contributed by atoms with Crippen LogP contribution in [0.5, 0.6) is 0 Å². The minimum Gasteiger partial charge on any atom is -0.381 e. The summed E-state index contributed by atoms with van der Waals surface area (Å²) in [5, 5.41) is 3.31. The van der Waals surface area contributed by atoms with Crippen molar-refractivity contribution in [3.05, 3.63) is 0 Å². The van der Waals surface area contributed by atoms with E-state index in [-0.39, 0.29) is 5.75 Å². The molecule has 0 unspecified atom stereocenters. The molecule has 0 aromatic rings. The first-order chi connectivity index (χ1) is 10.4. The average Bonchev–Trinajstić information content (AvgIpc) is 2.47. The highest BCUT2D eigenvalue weighted by Crippen LogP contribution is 2.24. The number of nitrogens with one attached hydrogen (secondary N) is 1. The molecule has 0 aromatic heterocycles. The molecular weight excluding hydrogens is 302 g/mol. The van der Waals surface area contributed by atoms with Crippen LogP contribution in [0.2, 0.25) is 0 Å². The van der Waals surface area contributed by atoms with Gasteiger partial charge in [-0.05, 0) is 39.5 Å². The third-order valence-electron chi connectivity index (χ3n) is 4.52. The van der Waals surface area contributed by atoms with Gasteiger partial charge in [0.05, 0.1) is 10.5 Å². The van der Waals surface area contributed by atoms with Gasteiger partial charge in [-0.2, -0.15) is 0 Å². The van der Waals surface area contributed by atoms with Crippen LogP contribution in [-0.2, 0) is 14.6 Å². The lowest BCUT2D eigenvalue weighted by atomic mass is 10.0. The molecule has 0 aromatic carbocycles. The molecule has 0 aliphatic carbocycles. The molecule has 0 saturated carbocycles. The van der Waals surface area contributed by atoms with Crippen molar-refractivity contribution in [1.82, 2.24) is 10.2 Å². The zero-order valence-electron chi connectivity index (χ0n) is 14.0. The molecule has 2 saturated heterocycles. The van der Waals surface area contributed by atoms with Crippen molar-refractivity contribution in [3.63, 3.8) is 0 Å². The monoisotopic (exact) mass is 331 g/mol. The normalized spacial score (nSPS) is 26.0. The van der Waals surface area contributed by atoms with Crippen LogP contribution in [0.15, 0.2) is 4.99 Å². The lowest BCUT2D eigenvalue weighted by molar-refractivity contribution is 0.0688. The Hall–Kier alpha value is -0.820. The highest BCUT2D eigenvalue weighted by atomic mass is 32.2. The van der Waals surface area contributed by atoms with Gasteiger partial charge in [-0.1, -0.05) is 0 Å². The van der Waals surface area contributed by atoms with Gasteiger partial charge < -0.3 is 15.0 Å². The molecule has 2 aliphatic rings. The second-order valence-electron chi connectivity index (χ2n) is 6.75. The van der Waals surface area contributed by atoms with E-state index in [0.29, 0.717) is 19.0 Å². The van der Waals surface area contributed by atoms with Gasteiger partial charge in [0.2, 0.25) is 0 Å². The first kappa shape index (κ1) is 17.5. The second-order valence-corrected chi connectivity index (χ2v) is 9.49. The van der Waals surface area contributed by atoms with Gasteiger partial charge in [0.15, 0.2) is 15.8 Å². The summed E-state index contributed by atoms with van der Waals surface area (Å²) in [6.45, 7) is 9.88. The fraction of sp³-hybridized carbons (Fsp3) is 0.933. The third-order valence-corrected chi connectivity index (χ3v) is 7.05. The summed E-state index contributed by atoms with van der Waals surface area (Å²) in [6, 6.07) is 0. The maximum Gasteiger partial charge on any atom is 0.194 e. The Kier molecular flexibility index (Phi) is 5.71. The largest absolute Gasteiger partial charge is 0.381 e. The number of hydrogen-bond donors (Lipinski definition) is 1. The van der Waals surface area contributed by atoms with E-state index in [2.05, 4.69) is 10.2 Å². The molecule has 2 rings (SSSR count). The van der Waals surface area contributed by atoms with Crippen molar-refractivity contribution in [2.24, 2.45) is 10.9 Å². The van der Waals surface area contributed by atoms with Gasteiger partial charge in [-0.25, -0.2) is 8.42 Å². The minimum atomic E-state index is -3.02. The van der Waals surface area contributed by atoms with Crippen molar-refractivity contribution in [1.29, 1.82) is 0 Å². The number of nitrogens with zero attached hydrogens (tertiary/aromatic N) is 2. The number of hydrogen-bond acceptors (Lipinski definition) is 4. The molecule has 22 heavy (non-hydrogen) atoms. The van der Waals surface area contributed by atoms with Crippen molar-refractivity contribution >= 4 is 15.8 Å². The van der Waals surface area contributed by atoms with Crippen LogP contribution >= 0.6 is 0 Å². The Morgan fingerprint density at radius 1 is 1.36 bits per heavy atom. The number of guanidine groups is 1. The van der Waals surface area contributed by atoms with Crippen LogP contribution in [0, 0.1) is 5.92 Å². The molecule has 0 atom stereocenters. The highest BCUT2D eigenvalue weighted by Gasteiger charge is 2.40. The topological polar surface area (TPSA) is 71.0 Å². The zero-order chi connectivity index (χ0) is 16.2. The maximum atomic E-state index is 12.1. The molecule has 1 N–H and O–H groups in total. The Morgan fingerprint density at radius 2 is 2.05 bits per heavy atom. The SMILES string of the molecule is CCNC(=NCC1CCOCC1)N1CCS(=O)(=O)C(C)(C)C1. The van der Waals surface area contributed by atoms with Crippen molar-refractivity contribution in [3.8, 4) is 0 Å². The molecular formula is C15H29N3O3S. The first-order valence-corrected chi connectivity index (χ1v) is 9.84. The zero-order valence-corrected chi connectivity index (χ0v) is 14.8. The van der Waals surface area contributed by atoms with Crippen molar-refractivity contribution < 1.29 is 13.2 Å². The Labute approximate surface area is 134 Å². The van der Waals surface area contributed by atoms with Crippen LogP contribution in [0.25, 0.3) is 0 Å². The van der Waals surface area contributed by atoms with Gasteiger partial charge in [0.1, 0.15) is 0 Å². The van der Waals surface area contributed by atoms with Crippen LogP contribution in [0.1, 0.15) is 33.6 Å². The maximum absolute atomic E-state index is 12.1. The molecule has 0 amide bonds. The van der Waals surface area contributed by atoms with E-state index < -0.39 is 14.6 Å². The van der Waals surface area contributed by atoms with Crippen LogP contribution in [0.3, 0.4) is 0 Å². The summed E-state index contributed by atoms with van der Waals surface area (Å²) in [6.07, 6.45) is 2.12. The lowest BCUT2D eigenvalue weighted by Crippen LogP contribution is -2.57. The summed E-state index contributed by atoms with van der Waals surface area (Å²) >= 11 is 0. The Morgan fingerprint density at radius 3 is 2.64 bits per heavy atom. The number of ether oxygens (including phenoxy) is 1. The molecule has 0 bridgehead atoms. The van der Waals surface area contributed by atoms with Crippen molar-refractivity contribution in [2.45, 2.75) is 38.4 Å². The molecule has 0 spiro atoms. The molecule has 0 radical (unpaired) electrons. The van der Waals surface area contributed by atoms with E-state index in [1.807, 2.05) is 6.92 Å². The summed E-state index contributed by atoms with van der Waals surface area (Å²) in [7, 11) is -3.02. The molecule has 128 valence electrons. The van der Waals surface area contributed by atoms with E-state index in [1.165, 1.54) is 0 Å². The smallest absolute Gasteiger partial charge is 0.194 e. The van der Waals surface area contributed by atoms with Crippen LogP contribution in [-0.4, -0.2) is 69.2 Å². The van der Waals surface area contributed by atoms with Crippen LogP contribution in [0.4, 0.5) is 0 Å². The highest BCUT2D eigenvalue weighted by molar-refractivity contribution is 7.92. The molecule has 6 nitrogen and oxygen atoms in total. The minimum absolute atomic E-state index is 0.196. The molecule has 2 heterocycles.